The Morgan fingerprint density at radius 1 is 1.26 bits per heavy atom. The third-order valence-corrected chi connectivity index (χ3v) is 8.74. The van der Waals surface area contributed by atoms with E-state index in [1.54, 1.807) is 0 Å². The molecule has 4 rings (SSSR count). The van der Waals surface area contributed by atoms with Crippen molar-refractivity contribution in [1.29, 1.82) is 0 Å². The number of nitrogen functional groups attached to an aromatic ring is 1. The van der Waals surface area contributed by atoms with Gasteiger partial charge in [-0.2, -0.15) is 9.36 Å². The van der Waals surface area contributed by atoms with Gasteiger partial charge < -0.3 is 36.1 Å². The lowest BCUT2D eigenvalue weighted by molar-refractivity contribution is -0.157. The molecule has 0 aromatic carbocycles. The zero-order chi connectivity index (χ0) is 28.3. The summed E-state index contributed by atoms with van der Waals surface area (Å²) < 4.78 is 4.88. The van der Waals surface area contributed by atoms with Crippen molar-refractivity contribution in [3.63, 3.8) is 0 Å². The number of fused-ring (bicyclic) bond motifs is 1. The van der Waals surface area contributed by atoms with Gasteiger partial charge in [-0.05, 0) is 10.4 Å². The highest BCUT2D eigenvalue weighted by Gasteiger charge is 2.57. The highest BCUT2D eigenvalue weighted by atomic mass is 32.2. The Hall–Kier alpha value is -4.05. The number of amides is 2. The number of anilines is 1. The van der Waals surface area contributed by atoms with Gasteiger partial charge in [0.1, 0.15) is 23.4 Å². The smallest absolute Gasteiger partial charge is 0.344 e. The normalized spacial score (nSPS) is 22.5. The van der Waals surface area contributed by atoms with Gasteiger partial charge in [0.05, 0.1) is 0 Å². The Morgan fingerprint density at radius 2 is 2.03 bits per heavy atom. The molecule has 19 nitrogen and oxygen atoms in total. The minimum absolute atomic E-state index is 0.0114. The largest absolute Gasteiger partial charge is 0.481 e. The summed E-state index contributed by atoms with van der Waals surface area (Å²) in [6, 6.07) is -1.04. The molecule has 6 N–H and O–H groups in total. The molecule has 208 valence electrons. The number of carboxylic acid groups (broad SMARTS) is 3. The first-order valence-electron chi connectivity index (χ1n) is 10.6. The second-order valence-electron chi connectivity index (χ2n) is 8.07. The number of hydrogen-bond acceptors (Lipinski definition) is 16. The fourth-order valence-corrected chi connectivity index (χ4v) is 6.68. The number of aliphatic carboxylic acids is 3. The summed E-state index contributed by atoms with van der Waals surface area (Å²) in [6.45, 7) is -1.53. The number of nitrogens with zero attached hydrogens (tertiary/aromatic N) is 8. The van der Waals surface area contributed by atoms with Gasteiger partial charge in [-0.15, -0.1) is 16.9 Å². The molecule has 2 unspecified atom stereocenters. The monoisotopic (exact) mass is 602 g/mol. The van der Waals surface area contributed by atoms with E-state index in [-0.39, 0.29) is 34.2 Å². The van der Waals surface area contributed by atoms with Crippen molar-refractivity contribution in [3.05, 3.63) is 5.82 Å². The highest BCUT2D eigenvalue weighted by Crippen LogP contribution is 2.44. The number of nitrogens with two attached hydrogens (primary N) is 1. The van der Waals surface area contributed by atoms with E-state index in [0.29, 0.717) is 0 Å². The van der Waals surface area contributed by atoms with Gasteiger partial charge in [0.15, 0.2) is 5.13 Å². The maximum Gasteiger partial charge on any atom is 0.344 e. The van der Waals surface area contributed by atoms with Crippen LogP contribution in [0.15, 0.2) is 10.3 Å². The molecule has 22 heteroatoms. The Kier molecular flexibility index (Phi) is 8.15. The van der Waals surface area contributed by atoms with Crippen LogP contribution >= 0.6 is 35.1 Å². The van der Waals surface area contributed by atoms with E-state index in [4.69, 9.17) is 15.9 Å². The van der Waals surface area contributed by atoms with Crippen LogP contribution in [0.5, 0.6) is 0 Å². The van der Waals surface area contributed by atoms with E-state index >= 15 is 0 Å². The van der Waals surface area contributed by atoms with E-state index in [1.807, 2.05) is 0 Å². The lowest BCUT2D eigenvalue weighted by atomic mass is 9.89. The van der Waals surface area contributed by atoms with Crippen LogP contribution in [0, 0.1) is 5.41 Å². The van der Waals surface area contributed by atoms with Crippen molar-refractivity contribution in [2.45, 2.75) is 23.1 Å². The number of carbonyl (C=O) groups is 5. The molecular formula is C17H18N10O9S3. The molecule has 2 aromatic rings. The number of nitrogens with one attached hydrogen (secondary N) is 1. The summed E-state index contributed by atoms with van der Waals surface area (Å²) in [4.78, 5) is 69.6. The summed E-state index contributed by atoms with van der Waals surface area (Å²) in [5.74, 6) is -5.39. The van der Waals surface area contributed by atoms with Crippen molar-refractivity contribution in [2.24, 2.45) is 10.6 Å². The first-order chi connectivity index (χ1) is 18.5. The molecule has 2 amide bonds. The first-order valence-corrected chi connectivity index (χ1v) is 13.4. The molecule has 0 saturated carbocycles. The van der Waals surface area contributed by atoms with E-state index < -0.39 is 65.4 Å². The van der Waals surface area contributed by atoms with Crippen LogP contribution in [0.2, 0.25) is 0 Å². The van der Waals surface area contributed by atoms with Crippen molar-refractivity contribution in [2.75, 3.05) is 30.4 Å². The number of rotatable bonds is 12. The third kappa shape index (κ3) is 6.01. The molecule has 4 heterocycles. The summed E-state index contributed by atoms with van der Waals surface area (Å²) in [5, 5.41) is 43.9. The van der Waals surface area contributed by atoms with Gasteiger partial charge in [0.2, 0.25) is 29.2 Å². The molecule has 2 fully saturated rings. The van der Waals surface area contributed by atoms with E-state index in [9.17, 15) is 29.1 Å². The third-order valence-electron chi connectivity index (χ3n) is 5.36. The molecule has 2 aromatic heterocycles. The Morgan fingerprint density at radius 3 is 2.67 bits per heavy atom. The Bertz CT molecular complexity index is 1350. The molecule has 39 heavy (non-hydrogen) atoms. The minimum Gasteiger partial charge on any atom is -0.481 e. The first kappa shape index (κ1) is 28.0. The van der Waals surface area contributed by atoms with Crippen LogP contribution in [0.3, 0.4) is 0 Å². The average Bonchev–Trinajstić information content (AvgIpc) is 3.51. The van der Waals surface area contributed by atoms with Crippen LogP contribution in [0.25, 0.3) is 0 Å². The number of tetrazole rings is 1. The zero-order valence-corrected chi connectivity index (χ0v) is 21.8. The molecule has 2 aliphatic heterocycles. The number of β-lactam (4-membered cyclic amide) rings is 1. The summed E-state index contributed by atoms with van der Waals surface area (Å²) >= 11 is 2.84. The van der Waals surface area contributed by atoms with Crippen molar-refractivity contribution in [1.82, 2.24) is 39.8 Å². The second-order valence-corrected chi connectivity index (χ2v) is 10.9. The van der Waals surface area contributed by atoms with Crippen LogP contribution in [-0.2, 0) is 35.4 Å². The van der Waals surface area contributed by atoms with Gasteiger partial charge in [0.25, 0.3) is 5.91 Å². The van der Waals surface area contributed by atoms with Gasteiger partial charge in [0, 0.05) is 29.6 Å². The lowest BCUT2D eigenvalue weighted by Gasteiger charge is -2.53. The topological polar surface area (TPSA) is 278 Å². The molecule has 0 spiro atoms. The van der Waals surface area contributed by atoms with Gasteiger partial charge in [-0.1, -0.05) is 16.9 Å². The van der Waals surface area contributed by atoms with Gasteiger partial charge in [-0.3, -0.25) is 19.2 Å². The quantitative estimate of drug-likeness (QED) is 0.0712. The standard InChI is InChI=1S/C17H18N10O9S3/c18-15-20-10(23-39-15)8(22-36-2-7(30)31)11(32)19-9-12(33)26-3-17(14(34)35,4-37-13(9)26)5-38-16-21-24-25-27(16)1-6(28)29/h9,13H,1-5H2,(H,19,32)(H,28,29)(H,30,31)(H,34,35)(H2,18,20,23)/t9?,13-,17?/m1/s1. The number of oxime groups is 1. The van der Waals surface area contributed by atoms with Crippen LogP contribution < -0.4 is 11.1 Å². The van der Waals surface area contributed by atoms with Crippen LogP contribution in [0.1, 0.15) is 5.82 Å². The lowest BCUT2D eigenvalue weighted by Crippen LogP contribution is -2.74. The molecule has 0 aliphatic carbocycles. The average molecular weight is 603 g/mol. The molecule has 2 saturated heterocycles. The van der Waals surface area contributed by atoms with Crippen molar-refractivity contribution < 1.29 is 44.1 Å². The zero-order valence-electron chi connectivity index (χ0n) is 19.4. The second kappa shape index (κ2) is 11.4. The Labute approximate surface area is 229 Å². The molecular weight excluding hydrogens is 584 g/mol. The van der Waals surface area contributed by atoms with Crippen molar-refractivity contribution >= 4 is 75.6 Å². The van der Waals surface area contributed by atoms with E-state index in [1.165, 1.54) is 4.90 Å². The van der Waals surface area contributed by atoms with Crippen LogP contribution in [-0.4, -0.2) is 121 Å². The SMILES string of the molecule is Nc1nc(C(=NOCC(=O)O)C(=O)NC2C(=O)N3CC(CSc4nnnn4CC(=O)O)(C(=O)O)CS[C@H]23)ns1. The number of hydrogen-bond donors (Lipinski definition) is 5. The number of carbonyl (C=O) groups excluding carboxylic acids is 2. The highest BCUT2D eigenvalue weighted by molar-refractivity contribution is 8.00. The van der Waals surface area contributed by atoms with E-state index in [0.717, 1.165) is 39.7 Å². The molecule has 3 atom stereocenters. The summed E-state index contributed by atoms with van der Waals surface area (Å²) in [6.07, 6.45) is 0. The Balaban J connectivity index is 1.43. The maximum atomic E-state index is 12.9. The minimum atomic E-state index is -1.41. The summed E-state index contributed by atoms with van der Waals surface area (Å²) in [7, 11) is 0. The fraction of sp³-hybridized carbons (Fsp3) is 0.471. The molecule has 0 radical (unpaired) electrons. The maximum absolute atomic E-state index is 12.9. The summed E-state index contributed by atoms with van der Waals surface area (Å²) in [5.41, 5.74) is 3.65. The molecule has 2 aliphatic rings. The van der Waals surface area contributed by atoms with E-state index in [2.05, 4.69) is 40.2 Å². The van der Waals surface area contributed by atoms with Gasteiger partial charge >= 0.3 is 17.9 Å². The van der Waals surface area contributed by atoms with Crippen molar-refractivity contribution in [3.8, 4) is 0 Å². The number of aromatic nitrogens is 6. The number of thioether (sulfide) groups is 2. The number of carboxylic acids is 3. The predicted octanol–water partition coefficient (Wildman–Crippen LogP) is -2.74. The molecule has 0 bridgehead atoms. The fourth-order valence-electron chi connectivity index (χ4n) is 3.51. The van der Waals surface area contributed by atoms with Crippen LogP contribution in [0.4, 0.5) is 5.13 Å². The predicted molar refractivity (Wildman–Crippen MR) is 131 cm³/mol. The van der Waals surface area contributed by atoms with Gasteiger partial charge in [-0.25, -0.2) is 9.48 Å².